The van der Waals surface area contributed by atoms with Gasteiger partial charge in [0.25, 0.3) is 0 Å². The Balaban J connectivity index is -0.00000193. The number of hydrogen-bond acceptors (Lipinski definition) is 1. The van der Waals surface area contributed by atoms with Crippen molar-refractivity contribution >= 4 is 37.2 Å². The van der Waals surface area contributed by atoms with Gasteiger partial charge in [-0.2, -0.15) is 0 Å². The fourth-order valence-electron chi connectivity index (χ4n) is 5.07. The SMILES string of the molecule is CCCCCCCC/C=C\CCCCCCCCNCCCCCCCCCCCCCCCC.Cl.Cl.Cl. The lowest BCUT2D eigenvalue weighted by Crippen LogP contribution is -2.16. The van der Waals surface area contributed by atoms with Gasteiger partial charge in [0.15, 0.2) is 0 Å². The van der Waals surface area contributed by atoms with Crippen molar-refractivity contribution in [1.29, 1.82) is 0 Å². The Labute approximate surface area is 260 Å². The average Bonchev–Trinajstić information content (AvgIpc) is 2.87. The van der Waals surface area contributed by atoms with E-state index in [0.717, 1.165) is 0 Å². The molecule has 4 heteroatoms. The van der Waals surface area contributed by atoms with Crippen molar-refractivity contribution in [2.24, 2.45) is 0 Å². The van der Waals surface area contributed by atoms with Crippen molar-refractivity contribution in [3.63, 3.8) is 0 Å². The summed E-state index contributed by atoms with van der Waals surface area (Å²) in [7, 11) is 0. The lowest BCUT2D eigenvalue weighted by atomic mass is 10.0. The van der Waals surface area contributed by atoms with E-state index in [0.29, 0.717) is 0 Å². The summed E-state index contributed by atoms with van der Waals surface area (Å²) in [4.78, 5) is 0. The molecule has 0 fully saturated rings. The Morgan fingerprint density at radius 2 is 0.553 bits per heavy atom. The van der Waals surface area contributed by atoms with Crippen LogP contribution in [-0.4, -0.2) is 13.1 Å². The quantitative estimate of drug-likeness (QED) is 0.0616. The maximum atomic E-state index is 3.67. The van der Waals surface area contributed by atoms with Gasteiger partial charge in [-0.05, 0) is 51.6 Å². The van der Waals surface area contributed by atoms with Gasteiger partial charge in [0.05, 0.1) is 0 Å². The molecule has 0 rings (SSSR count). The fraction of sp³-hybridized carbons (Fsp3) is 0.941. The van der Waals surface area contributed by atoms with Crippen LogP contribution in [0.3, 0.4) is 0 Å². The third kappa shape index (κ3) is 43.6. The molecule has 0 aliphatic heterocycles. The Morgan fingerprint density at radius 1 is 0.316 bits per heavy atom. The molecule has 0 aromatic heterocycles. The first-order chi connectivity index (χ1) is 17.4. The number of halogens is 3. The summed E-state index contributed by atoms with van der Waals surface area (Å²) >= 11 is 0. The molecule has 0 heterocycles. The summed E-state index contributed by atoms with van der Waals surface area (Å²) < 4.78 is 0. The topological polar surface area (TPSA) is 12.0 Å². The molecular weight excluding hydrogens is 529 g/mol. The third-order valence-electron chi connectivity index (χ3n) is 7.57. The highest BCUT2D eigenvalue weighted by Gasteiger charge is 1.95. The van der Waals surface area contributed by atoms with E-state index in [4.69, 9.17) is 0 Å². The monoisotopic (exact) mass is 599 g/mol. The van der Waals surface area contributed by atoms with Gasteiger partial charge in [-0.15, -0.1) is 37.2 Å². The van der Waals surface area contributed by atoms with Gasteiger partial charge < -0.3 is 5.32 Å². The molecule has 0 radical (unpaired) electrons. The molecule has 0 aliphatic rings. The Morgan fingerprint density at radius 3 is 0.842 bits per heavy atom. The summed E-state index contributed by atoms with van der Waals surface area (Å²) in [5.74, 6) is 0. The van der Waals surface area contributed by atoms with Gasteiger partial charge in [-0.25, -0.2) is 0 Å². The molecule has 0 atom stereocenters. The second-order valence-electron chi connectivity index (χ2n) is 11.3. The van der Waals surface area contributed by atoms with E-state index in [1.807, 2.05) is 0 Å². The van der Waals surface area contributed by atoms with E-state index >= 15 is 0 Å². The largest absolute Gasteiger partial charge is 0.317 e. The highest BCUT2D eigenvalue weighted by molar-refractivity contribution is 5.86. The zero-order chi connectivity index (χ0) is 25.3. The number of hydrogen-bond donors (Lipinski definition) is 1. The lowest BCUT2D eigenvalue weighted by Gasteiger charge is -2.05. The van der Waals surface area contributed by atoms with Crippen LogP contribution in [0.1, 0.15) is 194 Å². The Hall–Kier alpha value is 0.570. The first-order valence-electron chi connectivity index (χ1n) is 16.8. The maximum Gasteiger partial charge on any atom is -0.00489 e. The van der Waals surface area contributed by atoms with Gasteiger partial charge >= 0.3 is 0 Å². The molecule has 0 aromatic carbocycles. The van der Waals surface area contributed by atoms with E-state index < -0.39 is 0 Å². The van der Waals surface area contributed by atoms with E-state index in [-0.39, 0.29) is 37.2 Å². The molecule has 0 bridgehead atoms. The van der Waals surface area contributed by atoms with Crippen molar-refractivity contribution in [1.82, 2.24) is 5.32 Å². The predicted octanol–water partition coefficient (Wildman–Crippen LogP) is 13.4. The summed E-state index contributed by atoms with van der Waals surface area (Å²) in [6.07, 6.45) is 44.8. The minimum absolute atomic E-state index is 0. The van der Waals surface area contributed by atoms with Crippen LogP contribution in [0.5, 0.6) is 0 Å². The first-order valence-corrected chi connectivity index (χ1v) is 16.8. The third-order valence-corrected chi connectivity index (χ3v) is 7.57. The highest BCUT2D eigenvalue weighted by atomic mass is 35.5. The van der Waals surface area contributed by atoms with E-state index in [1.165, 1.54) is 193 Å². The number of nitrogens with one attached hydrogen (secondary N) is 1. The van der Waals surface area contributed by atoms with Crippen LogP contribution in [0.2, 0.25) is 0 Å². The molecule has 0 saturated carbocycles. The van der Waals surface area contributed by atoms with Crippen molar-refractivity contribution < 1.29 is 0 Å². The predicted molar refractivity (Wildman–Crippen MR) is 184 cm³/mol. The van der Waals surface area contributed by atoms with Crippen LogP contribution < -0.4 is 5.32 Å². The Kier molecular flexibility index (Phi) is 53.4. The minimum Gasteiger partial charge on any atom is -0.317 e. The molecule has 0 unspecified atom stereocenters. The van der Waals surface area contributed by atoms with Crippen molar-refractivity contribution in [2.45, 2.75) is 194 Å². The molecule has 0 aromatic rings. The van der Waals surface area contributed by atoms with Crippen molar-refractivity contribution in [2.75, 3.05) is 13.1 Å². The minimum atomic E-state index is 0. The zero-order valence-electron chi connectivity index (χ0n) is 26.1. The Bertz CT molecular complexity index is 390. The van der Waals surface area contributed by atoms with Crippen LogP contribution in [-0.2, 0) is 0 Å². The van der Waals surface area contributed by atoms with Crippen molar-refractivity contribution in [3.05, 3.63) is 12.2 Å². The molecule has 0 aliphatic carbocycles. The second kappa shape index (κ2) is 44.6. The highest BCUT2D eigenvalue weighted by Crippen LogP contribution is 2.13. The van der Waals surface area contributed by atoms with E-state index in [9.17, 15) is 0 Å². The molecular formula is C34H72Cl3N. The van der Waals surface area contributed by atoms with Crippen LogP contribution in [0.4, 0.5) is 0 Å². The van der Waals surface area contributed by atoms with Gasteiger partial charge in [0, 0.05) is 0 Å². The normalized spacial score (nSPS) is 10.8. The summed E-state index contributed by atoms with van der Waals surface area (Å²) in [5.41, 5.74) is 0. The van der Waals surface area contributed by atoms with Crippen LogP contribution >= 0.6 is 37.2 Å². The molecule has 234 valence electrons. The number of allylic oxidation sites excluding steroid dienone is 2. The molecule has 1 N–H and O–H groups in total. The average molecular weight is 601 g/mol. The molecule has 38 heavy (non-hydrogen) atoms. The number of rotatable bonds is 31. The van der Waals surface area contributed by atoms with Gasteiger partial charge in [-0.3, -0.25) is 0 Å². The van der Waals surface area contributed by atoms with Gasteiger partial charge in [-0.1, -0.05) is 167 Å². The smallest absolute Gasteiger partial charge is 0.00489 e. The van der Waals surface area contributed by atoms with Crippen molar-refractivity contribution in [3.8, 4) is 0 Å². The summed E-state index contributed by atoms with van der Waals surface area (Å²) in [6, 6.07) is 0. The van der Waals surface area contributed by atoms with E-state index in [2.05, 4.69) is 31.3 Å². The van der Waals surface area contributed by atoms with Crippen LogP contribution in [0.25, 0.3) is 0 Å². The fourth-order valence-corrected chi connectivity index (χ4v) is 5.07. The number of unbranched alkanes of at least 4 members (excludes halogenated alkanes) is 25. The standard InChI is InChI=1S/C34H69N.3ClH/c1-3-5-7-9-11-13-15-17-19-20-22-24-26-28-30-32-34-35-33-31-29-27-25-23-21-18-16-14-12-10-8-6-4-2;;;/h17,19,35H,3-16,18,20-34H2,1-2H3;3*1H/b19-17-;;;. The summed E-state index contributed by atoms with van der Waals surface area (Å²) in [5, 5.41) is 3.67. The molecule has 0 saturated heterocycles. The molecule has 1 nitrogen and oxygen atoms in total. The van der Waals surface area contributed by atoms with Crippen LogP contribution in [0.15, 0.2) is 12.2 Å². The van der Waals surface area contributed by atoms with E-state index in [1.54, 1.807) is 0 Å². The van der Waals surface area contributed by atoms with Crippen LogP contribution in [0, 0.1) is 0 Å². The summed E-state index contributed by atoms with van der Waals surface area (Å²) in [6.45, 7) is 7.07. The molecule has 0 spiro atoms. The maximum absolute atomic E-state index is 3.67. The lowest BCUT2D eigenvalue weighted by molar-refractivity contribution is 0.523. The zero-order valence-corrected chi connectivity index (χ0v) is 28.5. The first kappa shape index (κ1) is 45.6. The second-order valence-corrected chi connectivity index (χ2v) is 11.3. The van der Waals surface area contributed by atoms with Gasteiger partial charge in [0.1, 0.15) is 0 Å². The molecule has 0 amide bonds. The van der Waals surface area contributed by atoms with Gasteiger partial charge in [0.2, 0.25) is 0 Å².